The lowest BCUT2D eigenvalue weighted by Crippen LogP contribution is -2.36. The molecule has 0 spiro atoms. The molecule has 0 bridgehead atoms. The zero-order valence-corrected chi connectivity index (χ0v) is 10.4. The van der Waals surface area contributed by atoms with E-state index in [-0.39, 0.29) is 0 Å². The van der Waals surface area contributed by atoms with Crippen molar-refractivity contribution in [1.82, 2.24) is 0 Å². The van der Waals surface area contributed by atoms with Crippen LogP contribution in [-0.2, 0) is 0 Å². The fourth-order valence-electron chi connectivity index (χ4n) is 3.46. The van der Waals surface area contributed by atoms with Gasteiger partial charge in [-0.2, -0.15) is 0 Å². The van der Waals surface area contributed by atoms with Crippen LogP contribution in [0, 0.1) is 23.7 Å². The van der Waals surface area contributed by atoms with Gasteiger partial charge in [0.05, 0.1) is 5.60 Å². The first kappa shape index (κ1) is 12.0. The number of hydrogen-bond donors (Lipinski definition) is 1. The van der Waals surface area contributed by atoms with Gasteiger partial charge in [0.25, 0.3) is 0 Å². The number of aliphatic hydroxyl groups is 1. The fraction of sp³-hybridized carbons (Fsp3) is 1.00. The monoisotopic (exact) mass is 198 g/mol. The molecule has 0 amide bonds. The fourth-order valence-corrected chi connectivity index (χ4v) is 3.46. The Hall–Kier alpha value is -0.0400. The molecule has 0 radical (unpaired) electrons. The van der Waals surface area contributed by atoms with Gasteiger partial charge in [0.1, 0.15) is 0 Å². The van der Waals surface area contributed by atoms with Crippen molar-refractivity contribution in [2.45, 2.75) is 59.5 Å². The van der Waals surface area contributed by atoms with Gasteiger partial charge in [0.15, 0.2) is 0 Å². The standard InChI is InChI=1S/C13H26O/c1-6-11-9(3)8-12(10(11)4)13(5,14)7-2/h9-12,14H,6-8H2,1-5H3. The lowest BCUT2D eigenvalue weighted by atomic mass is 9.78. The molecule has 1 saturated carbocycles. The van der Waals surface area contributed by atoms with Crippen LogP contribution in [0.25, 0.3) is 0 Å². The summed E-state index contributed by atoms with van der Waals surface area (Å²) in [5.74, 6) is 2.80. The topological polar surface area (TPSA) is 20.2 Å². The molecule has 1 aliphatic carbocycles. The Kier molecular flexibility index (Phi) is 3.63. The molecular formula is C13H26O. The summed E-state index contributed by atoms with van der Waals surface area (Å²) in [6, 6.07) is 0. The normalized spacial score (nSPS) is 42.4. The summed E-state index contributed by atoms with van der Waals surface area (Å²) >= 11 is 0. The van der Waals surface area contributed by atoms with Gasteiger partial charge in [-0.3, -0.25) is 0 Å². The molecule has 5 unspecified atom stereocenters. The van der Waals surface area contributed by atoms with E-state index in [4.69, 9.17) is 0 Å². The molecule has 0 saturated heterocycles. The summed E-state index contributed by atoms with van der Waals surface area (Å²) in [4.78, 5) is 0. The largest absolute Gasteiger partial charge is 0.390 e. The van der Waals surface area contributed by atoms with Crippen LogP contribution in [0.1, 0.15) is 53.9 Å². The molecular weight excluding hydrogens is 172 g/mol. The van der Waals surface area contributed by atoms with E-state index >= 15 is 0 Å². The predicted octanol–water partition coefficient (Wildman–Crippen LogP) is 3.47. The van der Waals surface area contributed by atoms with Crippen LogP contribution < -0.4 is 0 Å². The van der Waals surface area contributed by atoms with Gasteiger partial charge in [-0.05, 0) is 43.4 Å². The van der Waals surface area contributed by atoms with Crippen LogP contribution in [0.4, 0.5) is 0 Å². The molecule has 1 N–H and O–H groups in total. The van der Waals surface area contributed by atoms with Crippen molar-refractivity contribution in [3.8, 4) is 0 Å². The molecule has 5 atom stereocenters. The zero-order valence-electron chi connectivity index (χ0n) is 10.4. The molecule has 84 valence electrons. The molecule has 1 heteroatoms. The van der Waals surface area contributed by atoms with Gasteiger partial charge in [-0.1, -0.05) is 34.1 Å². The maximum atomic E-state index is 10.3. The van der Waals surface area contributed by atoms with E-state index in [1.807, 2.05) is 6.92 Å². The van der Waals surface area contributed by atoms with Gasteiger partial charge >= 0.3 is 0 Å². The predicted molar refractivity (Wildman–Crippen MR) is 61.1 cm³/mol. The summed E-state index contributed by atoms with van der Waals surface area (Å²) in [7, 11) is 0. The zero-order chi connectivity index (χ0) is 10.9. The van der Waals surface area contributed by atoms with E-state index in [0.717, 1.165) is 18.3 Å². The highest BCUT2D eigenvalue weighted by Crippen LogP contribution is 2.48. The van der Waals surface area contributed by atoms with E-state index in [1.54, 1.807) is 0 Å². The Bertz CT molecular complexity index is 186. The van der Waals surface area contributed by atoms with Crippen molar-refractivity contribution < 1.29 is 5.11 Å². The Labute approximate surface area is 88.9 Å². The molecule has 14 heavy (non-hydrogen) atoms. The Morgan fingerprint density at radius 3 is 2.21 bits per heavy atom. The number of rotatable bonds is 3. The summed E-state index contributed by atoms with van der Waals surface area (Å²) in [5.41, 5.74) is -0.447. The lowest BCUT2D eigenvalue weighted by Gasteiger charge is -2.33. The number of hydrogen-bond acceptors (Lipinski definition) is 1. The third kappa shape index (κ3) is 1.98. The molecule has 1 nitrogen and oxygen atoms in total. The minimum Gasteiger partial charge on any atom is -0.390 e. The first-order valence-electron chi connectivity index (χ1n) is 6.16. The van der Waals surface area contributed by atoms with Crippen molar-refractivity contribution in [2.24, 2.45) is 23.7 Å². The molecule has 0 heterocycles. The highest BCUT2D eigenvalue weighted by molar-refractivity contribution is 4.94. The van der Waals surface area contributed by atoms with E-state index < -0.39 is 5.60 Å². The molecule has 0 aliphatic heterocycles. The first-order valence-corrected chi connectivity index (χ1v) is 6.16. The Morgan fingerprint density at radius 1 is 1.29 bits per heavy atom. The molecule has 0 aromatic heterocycles. The van der Waals surface area contributed by atoms with E-state index in [9.17, 15) is 5.11 Å². The third-order valence-electron chi connectivity index (χ3n) is 4.65. The van der Waals surface area contributed by atoms with Crippen LogP contribution in [0.3, 0.4) is 0 Å². The van der Waals surface area contributed by atoms with E-state index in [0.29, 0.717) is 11.8 Å². The van der Waals surface area contributed by atoms with Crippen molar-refractivity contribution in [2.75, 3.05) is 0 Å². The Balaban J connectivity index is 2.75. The van der Waals surface area contributed by atoms with E-state index in [1.165, 1.54) is 12.8 Å². The maximum absolute atomic E-state index is 10.3. The van der Waals surface area contributed by atoms with Crippen LogP contribution in [0.2, 0.25) is 0 Å². The summed E-state index contributed by atoms with van der Waals surface area (Å²) in [6.45, 7) is 11.1. The highest BCUT2D eigenvalue weighted by Gasteiger charge is 2.44. The van der Waals surface area contributed by atoms with Gasteiger partial charge in [0, 0.05) is 0 Å². The van der Waals surface area contributed by atoms with E-state index in [2.05, 4.69) is 27.7 Å². The second kappa shape index (κ2) is 4.22. The van der Waals surface area contributed by atoms with Crippen molar-refractivity contribution >= 4 is 0 Å². The SMILES string of the molecule is CCC1C(C)CC(C(C)(O)CC)C1C. The van der Waals surface area contributed by atoms with Crippen LogP contribution in [0.5, 0.6) is 0 Å². The smallest absolute Gasteiger partial charge is 0.0647 e. The maximum Gasteiger partial charge on any atom is 0.0647 e. The van der Waals surface area contributed by atoms with Gasteiger partial charge in [-0.25, -0.2) is 0 Å². The van der Waals surface area contributed by atoms with Gasteiger partial charge in [-0.15, -0.1) is 0 Å². The first-order chi connectivity index (χ1) is 6.44. The summed E-state index contributed by atoms with van der Waals surface area (Å²) < 4.78 is 0. The minimum atomic E-state index is -0.447. The summed E-state index contributed by atoms with van der Waals surface area (Å²) in [5, 5.41) is 10.3. The molecule has 0 aromatic rings. The molecule has 1 rings (SSSR count). The molecule has 0 aromatic carbocycles. The van der Waals surface area contributed by atoms with Crippen molar-refractivity contribution in [1.29, 1.82) is 0 Å². The van der Waals surface area contributed by atoms with Crippen LogP contribution >= 0.6 is 0 Å². The van der Waals surface area contributed by atoms with Gasteiger partial charge < -0.3 is 5.11 Å². The summed E-state index contributed by atoms with van der Waals surface area (Å²) in [6.07, 6.45) is 3.35. The quantitative estimate of drug-likeness (QED) is 0.736. The van der Waals surface area contributed by atoms with Crippen LogP contribution in [-0.4, -0.2) is 10.7 Å². The molecule has 1 fully saturated rings. The lowest BCUT2D eigenvalue weighted by molar-refractivity contribution is -0.0218. The minimum absolute atomic E-state index is 0.447. The second-order valence-electron chi connectivity index (χ2n) is 5.46. The van der Waals surface area contributed by atoms with Crippen molar-refractivity contribution in [3.63, 3.8) is 0 Å². The molecule has 1 aliphatic rings. The van der Waals surface area contributed by atoms with Gasteiger partial charge in [0.2, 0.25) is 0 Å². The van der Waals surface area contributed by atoms with Crippen molar-refractivity contribution in [3.05, 3.63) is 0 Å². The Morgan fingerprint density at radius 2 is 1.86 bits per heavy atom. The third-order valence-corrected chi connectivity index (χ3v) is 4.65. The highest BCUT2D eigenvalue weighted by atomic mass is 16.3. The second-order valence-corrected chi connectivity index (χ2v) is 5.46. The average Bonchev–Trinajstić information content (AvgIpc) is 2.42. The van der Waals surface area contributed by atoms with Crippen LogP contribution in [0.15, 0.2) is 0 Å². The average molecular weight is 198 g/mol.